The first-order valence-corrected chi connectivity index (χ1v) is 5.86. The molecule has 1 heterocycles. The fraction of sp³-hybridized carbons (Fsp3) is 0.455. The largest absolute Gasteiger partial charge is 0.477 e. The van der Waals surface area contributed by atoms with E-state index in [9.17, 15) is 4.79 Å². The Balaban J connectivity index is 2.91. The van der Waals surface area contributed by atoms with E-state index in [1.807, 2.05) is 11.8 Å². The summed E-state index contributed by atoms with van der Waals surface area (Å²) in [7, 11) is 0. The molecule has 7 heteroatoms. The molecule has 0 bridgehead atoms. The third-order valence-electron chi connectivity index (χ3n) is 2.33. The third kappa shape index (κ3) is 3.86. The predicted octanol–water partition coefficient (Wildman–Crippen LogP) is 1.96. The highest BCUT2D eigenvalue weighted by Crippen LogP contribution is 2.16. The van der Waals surface area contributed by atoms with E-state index < -0.39 is 5.97 Å². The van der Waals surface area contributed by atoms with Crippen LogP contribution in [0.2, 0.25) is 5.28 Å². The first-order valence-electron chi connectivity index (χ1n) is 5.48. The molecule has 1 aromatic rings. The van der Waals surface area contributed by atoms with Gasteiger partial charge in [0, 0.05) is 25.6 Å². The number of aromatic carboxylic acids is 1. The van der Waals surface area contributed by atoms with E-state index in [2.05, 4.69) is 16.0 Å². The molecule has 0 aliphatic carbocycles. The Labute approximate surface area is 110 Å². The van der Waals surface area contributed by atoms with Gasteiger partial charge in [-0.15, -0.1) is 0 Å². The molecule has 0 fully saturated rings. The fourth-order valence-corrected chi connectivity index (χ4v) is 1.64. The molecule has 0 saturated heterocycles. The second kappa shape index (κ2) is 6.77. The Kier molecular flexibility index (Phi) is 5.33. The number of nitrogens with zero attached hydrogens (tertiary/aromatic N) is 4. The van der Waals surface area contributed by atoms with Gasteiger partial charge in [-0.05, 0) is 24.9 Å². The van der Waals surface area contributed by atoms with Gasteiger partial charge in [0.2, 0.25) is 5.28 Å². The average Bonchev–Trinajstić information content (AvgIpc) is 2.34. The molecule has 0 amide bonds. The van der Waals surface area contributed by atoms with Crippen LogP contribution in [0, 0.1) is 11.3 Å². The van der Waals surface area contributed by atoms with Crippen LogP contribution in [0.4, 0.5) is 5.82 Å². The predicted molar refractivity (Wildman–Crippen MR) is 66.7 cm³/mol. The molecule has 0 aromatic carbocycles. The van der Waals surface area contributed by atoms with Gasteiger partial charge in [0.05, 0.1) is 6.07 Å². The van der Waals surface area contributed by atoms with Gasteiger partial charge in [-0.2, -0.15) is 5.26 Å². The molecule has 0 aliphatic rings. The van der Waals surface area contributed by atoms with Gasteiger partial charge in [0.1, 0.15) is 5.82 Å². The minimum absolute atomic E-state index is 0.0939. The van der Waals surface area contributed by atoms with Gasteiger partial charge in [0.25, 0.3) is 0 Å². The van der Waals surface area contributed by atoms with E-state index in [1.54, 1.807) is 0 Å². The molecule has 0 saturated carbocycles. The number of halogens is 1. The van der Waals surface area contributed by atoms with Gasteiger partial charge in [-0.1, -0.05) is 0 Å². The summed E-state index contributed by atoms with van der Waals surface area (Å²) in [5, 5.41) is 17.3. The zero-order valence-corrected chi connectivity index (χ0v) is 10.7. The molecular formula is C11H13ClN4O2. The zero-order chi connectivity index (χ0) is 13.5. The standard InChI is InChI=1S/C11H13ClN4O2/c1-2-16(6-4-3-5-13)9-7-8(10(17)18)14-11(12)15-9/h7H,2-4,6H2,1H3,(H,17,18). The van der Waals surface area contributed by atoms with Gasteiger partial charge >= 0.3 is 5.97 Å². The van der Waals surface area contributed by atoms with Gasteiger partial charge in [0.15, 0.2) is 5.69 Å². The van der Waals surface area contributed by atoms with E-state index in [1.165, 1.54) is 6.07 Å². The van der Waals surface area contributed by atoms with Crippen molar-refractivity contribution in [2.45, 2.75) is 19.8 Å². The molecule has 1 N–H and O–H groups in total. The second-order valence-corrected chi connectivity index (χ2v) is 3.86. The van der Waals surface area contributed by atoms with Crippen LogP contribution in [0.3, 0.4) is 0 Å². The van der Waals surface area contributed by atoms with Crippen molar-refractivity contribution in [3.63, 3.8) is 0 Å². The normalized spacial score (nSPS) is 9.83. The highest BCUT2D eigenvalue weighted by Gasteiger charge is 2.13. The first-order chi connectivity index (χ1) is 8.58. The number of anilines is 1. The molecule has 0 atom stereocenters. The average molecular weight is 269 g/mol. The first kappa shape index (κ1) is 14.2. The maximum absolute atomic E-state index is 10.9. The van der Waals surface area contributed by atoms with E-state index in [4.69, 9.17) is 22.0 Å². The molecule has 0 spiro atoms. The highest BCUT2D eigenvalue weighted by molar-refractivity contribution is 6.28. The Morgan fingerprint density at radius 1 is 1.61 bits per heavy atom. The molecule has 0 aliphatic heterocycles. The lowest BCUT2D eigenvalue weighted by Crippen LogP contribution is -2.25. The molecular weight excluding hydrogens is 256 g/mol. The van der Waals surface area contributed by atoms with Crippen molar-refractivity contribution >= 4 is 23.4 Å². The van der Waals surface area contributed by atoms with E-state index in [0.29, 0.717) is 31.7 Å². The lowest BCUT2D eigenvalue weighted by molar-refractivity contribution is 0.0690. The quantitative estimate of drug-likeness (QED) is 0.626. The topological polar surface area (TPSA) is 90.1 Å². The van der Waals surface area contributed by atoms with Crippen LogP contribution < -0.4 is 4.90 Å². The highest BCUT2D eigenvalue weighted by atomic mass is 35.5. The summed E-state index contributed by atoms with van der Waals surface area (Å²) in [6, 6.07) is 3.44. The fourth-order valence-electron chi connectivity index (χ4n) is 1.46. The SMILES string of the molecule is CCN(CCCC#N)c1cc(C(=O)O)nc(Cl)n1. The molecule has 1 aromatic heterocycles. The number of nitriles is 1. The van der Waals surface area contributed by atoms with Crippen molar-refractivity contribution in [1.82, 2.24) is 9.97 Å². The number of carboxylic acid groups (broad SMARTS) is 1. The number of carboxylic acids is 1. The Morgan fingerprint density at radius 3 is 2.89 bits per heavy atom. The molecule has 0 unspecified atom stereocenters. The van der Waals surface area contributed by atoms with Crippen molar-refractivity contribution in [1.29, 1.82) is 5.26 Å². The van der Waals surface area contributed by atoms with Crippen LogP contribution in [0.25, 0.3) is 0 Å². The Bertz CT molecular complexity index is 473. The number of carbonyl (C=O) groups is 1. The minimum Gasteiger partial charge on any atom is -0.477 e. The van der Waals surface area contributed by atoms with Gasteiger partial charge in [-0.3, -0.25) is 0 Å². The molecule has 18 heavy (non-hydrogen) atoms. The van der Waals surface area contributed by atoms with Crippen LogP contribution in [0.5, 0.6) is 0 Å². The number of rotatable bonds is 6. The van der Waals surface area contributed by atoms with Crippen molar-refractivity contribution in [2.24, 2.45) is 0 Å². The Hall–Kier alpha value is -1.87. The van der Waals surface area contributed by atoms with Crippen LogP contribution in [-0.2, 0) is 0 Å². The van der Waals surface area contributed by atoms with Gasteiger partial charge < -0.3 is 10.0 Å². The van der Waals surface area contributed by atoms with Crippen molar-refractivity contribution < 1.29 is 9.90 Å². The summed E-state index contributed by atoms with van der Waals surface area (Å²) in [6.07, 6.45) is 1.13. The summed E-state index contributed by atoms with van der Waals surface area (Å²) in [5.74, 6) is -0.679. The van der Waals surface area contributed by atoms with Crippen molar-refractivity contribution in [3.05, 3.63) is 17.0 Å². The van der Waals surface area contributed by atoms with Gasteiger partial charge in [-0.25, -0.2) is 14.8 Å². The summed E-state index contributed by atoms with van der Waals surface area (Å²) in [5.41, 5.74) is -0.135. The summed E-state index contributed by atoms with van der Waals surface area (Å²) in [4.78, 5) is 20.3. The van der Waals surface area contributed by atoms with E-state index >= 15 is 0 Å². The molecule has 1 rings (SSSR count). The van der Waals surface area contributed by atoms with Crippen LogP contribution in [0.1, 0.15) is 30.3 Å². The third-order valence-corrected chi connectivity index (χ3v) is 2.50. The molecule has 6 nitrogen and oxygen atoms in total. The second-order valence-electron chi connectivity index (χ2n) is 3.53. The minimum atomic E-state index is -1.14. The monoisotopic (exact) mass is 268 g/mol. The Morgan fingerprint density at radius 2 is 2.33 bits per heavy atom. The number of hydrogen-bond donors (Lipinski definition) is 1. The summed E-state index contributed by atoms with van der Waals surface area (Å²) < 4.78 is 0. The maximum Gasteiger partial charge on any atom is 0.354 e. The summed E-state index contributed by atoms with van der Waals surface area (Å²) in [6.45, 7) is 3.19. The molecule has 96 valence electrons. The smallest absolute Gasteiger partial charge is 0.354 e. The van der Waals surface area contributed by atoms with Crippen LogP contribution in [-0.4, -0.2) is 34.1 Å². The number of hydrogen-bond acceptors (Lipinski definition) is 5. The lowest BCUT2D eigenvalue weighted by atomic mass is 10.3. The van der Waals surface area contributed by atoms with Crippen molar-refractivity contribution in [3.8, 4) is 6.07 Å². The molecule has 0 radical (unpaired) electrons. The zero-order valence-electron chi connectivity index (χ0n) is 9.93. The van der Waals surface area contributed by atoms with E-state index in [0.717, 1.165) is 0 Å². The summed E-state index contributed by atoms with van der Waals surface area (Å²) >= 11 is 5.69. The lowest BCUT2D eigenvalue weighted by Gasteiger charge is -2.21. The van der Waals surface area contributed by atoms with Crippen LogP contribution >= 0.6 is 11.6 Å². The van der Waals surface area contributed by atoms with Crippen molar-refractivity contribution in [2.75, 3.05) is 18.0 Å². The van der Waals surface area contributed by atoms with Crippen LogP contribution in [0.15, 0.2) is 6.07 Å². The number of aromatic nitrogens is 2. The number of unbranched alkanes of at least 4 members (excludes halogenated alkanes) is 1. The maximum atomic E-state index is 10.9. The van der Waals surface area contributed by atoms with E-state index in [-0.39, 0.29) is 11.0 Å².